The molecule has 2 aromatic rings. The van der Waals surface area contributed by atoms with E-state index in [-0.39, 0.29) is 30.6 Å². The van der Waals surface area contributed by atoms with Crippen molar-refractivity contribution in [3.63, 3.8) is 0 Å². The predicted molar refractivity (Wildman–Crippen MR) is 91.2 cm³/mol. The van der Waals surface area contributed by atoms with Crippen LogP contribution in [0.25, 0.3) is 11.3 Å². The maximum absolute atomic E-state index is 13.7. The lowest BCUT2D eigenvalue weighted by atomic mass is 10.2. The van der Waals surface area contributed by atoms with Crippen LogP contribution in [-0.2, 0) is 16.0 Å². The van der Waals surface area contributed by atoms with Gasteiger partial charge in [-0.1, -0.05) is 12.1 Å². The fourth-order valence-electron chi connectivity index (χ4n) is 2.39. The molecule has 0 saturated heterocycles. The molecule has 2 rings (SSSR count). The largest absolute Gasteiger partial charge is 0.441 e. The van der Waals surface area contributed by atoms with Gasteiger partial charge in [-0.2, -0.15) is 0 Å². The van der Waals surface area contributed by atoms with Gasteiger partial charge in [-0.25, -0.2) is 9.37 Å². The summed E-state index contributed by atoms with van der Waals surface area (Å²) in [6, 6.07) is 6.27. The van der Waals surface area contributed by atoms with Crippen molar-refractivity contribution in [3.05, 3.63) is 42.2 Å². The average Bonchev–Trinajstić information content (AvgIpc) is 3.07. The summed E-state index contributed by atoms with van der Waals surface area (Å²) in [7, 11) is 0. The van der Waals surface area contributed by atoms with Crippen molar-refractivity contribution in [3.8, 4) is 11.3 Å². The van der Waals surface area contributed by atoms with Gasteiger partial charge in [0.05, 0.1) is 18.3 Å². The molecule has 25 heavy (non-hydrogen) atoms. The van der Waals surface area contributed by atoms with Crippen LogP contribution in [0.3, 0.4) is 0 Å². The fourth-order valence-corrected chi connectivity index (χ4v) is 2.39. The summed E-state index contributed by atoms with van der Waals surface area (Å²) in [5, 5.41) is 2.67. The van der Waals surface area contributed by atoms with Gasteiger partial charge in [0, 0.05) is 25.9 Å². The van der Waals surface area contributed by atoms with Crippen LogP contribution < -0.4 is 5.32 Å². The molecule has 0 spiro atoms. The van der Waals surface area contributed by atoms with E-state index >= 15 is 0 Å². The molecule has 0 bridgehead atoms. The second-order valence-electron chi connectivity index (χ2n) is 5.46. The molecular weight excluding hydrogens is 325 g/mol. The lowest BCUT2D eigenvalue weighted by Gasteiger charge is -2.19. The number of nitrogens with zero attached hydrogens (tertiary/aromatic N) is 2. The van der Waals surface area contributed by atoms with E-state index in [1.807, 2.05) is 13.8 Å². The van der Waals surface area contributed by atoms with Crippen LogP contribution in [0.2, 0.25) is 0 Å². The van der Waals surface area contributed by atoms with Gasteiger partial charge in [0.1, 0.15) is 5.82 Å². The zero-order valence-corrected chi connectivity index (χ0v) is 14.4. The highest BCUT2D eigenvalue weighted by Crippen LogP contribution is 2.23. The van der Waals surface area contributed by atoms with Crippen LogP contribution in [0.15, 0.2) is 34.9 Å². The van der Waals surface area contributed by atoms with E-state index in [1.54, 1.807) is 18.2 Å². The maximum Gasteiger partial charge on any atom is 0.239 e. The van der Waals surface area contributed by atoms with Crippen molar-refractivity contribution in [2.75, 3.05) is 19.6 Å². The highest BCUT2D eigenvalue weighted by Gasteiger charge is 2.17. The second kappa shape index (κ2) is 8.96. The molecule has 0 fully saturated rings. The van der Waals surface area contributed by atoms with E-state index in [9.17, 15) is 14.0 Å². The number of nitrogens with one attached hydrogen (secondary N) is 1. The fraction of sp³-hybridized carbons (Fsp3) is 0.389. The molecular formula is C18H22FN3O3. The normalized spacial score (nSPS) is 10.5. The van der Waals surface area contributed by atoms with Gasteiger partial charge in [0.25, 0.3) is 0 Å². The molecule has 0 atom stereocenters. The molecule has 0 radical (unpaired) electrons. The van der Waals surface area contributed by atoms with E-state index in [2.05, 4.69) is 10.3 Å². The Balaban J connectivity index is 1.94. The number of likely N-dealkylation sites (N-methyl/N-ethyl adjacent to an activating group) is 2. The number of carbonyl (C=O) groups excluding carboxylic acids is 2. The average molecular weight is 347 g/mol. The van der Waals surface area contributed by atoms with Gasteiger partial charge >= 0.3 is 0 Å². The molecule has 1 aromatic heterocycles. The first-order chi connectivity index (χ1) is 12.0. The number of halogens is 1. The summed E-state index contributed by atoms with van der Waals surface area (Å²) < 4.78 is 19.3. The Hall–Kier alpha value is -2.70. The van der Waals surface area contributed by atoms with Gasteiger partial charge < -0.3 is 14.6 Å². The Kier molecular flexibility index (Phi) is 6.68. The van der Waals surface area contributed by atoms with Crippen LogP contribution in [0, 0.1) is 5.82 Å². The first kappa shape index (κ1) is 18.6. The van der Waals surface area contributed by atoms with E-state index < -0.39 is 0 Å². The van der Waals surface area contributed by atoms with Crippen molar-refractivity contribution in [2.45, 2.75) is 26.7 Å². The van der Waals surface area contributed by atoms with Gasteiger partial charge in [0.2, 0.25) is 11.8 Å². The summed E-state index contributed by atoms with van der Waals surface area (Å²) in [5.74, 6) is -0.0358. The van der Waals surface area contributed by atoms with Crippen LogP contribution >= 0.6 is 0 Å². The van der Waals surface area contributed by atoms with Crippen molar-refractivity contribution < 1.29 is 18.4 Å². The van der Waals surface area contributed by atoms with Crippen molar-refractivity contribution in [1.29, 1.82) is 0 Å². The number of aromatic nitrogens is 1. The van der Waals surface area contributed by atoms with E-state index in [4.69, 9.17) is 4.42 Å². The van der Waals surface area contributed by atoms with E-state index in [0.717, 1.165) is 0 Å². The summed E-state index contributed by atoms with van der Waals surface area (Å²) in [4.78, 5) is 29.4. The molecule has 0 aliphatic carbocycles. The van der Waals surface area contributed by atoms with Crippen LogP contribution in [-0.4, -0.2) is 41.3 Å². The Morgan fingerprint density at radius 3 is 2.72 bits per heavy atom. The number of oxazole rings is 1. The Morgan fingerprint density at radius 1 is 1.28 bits per heavy atom. The quantitative estimate of drug-likeness (QED) is 0.796. The summed E-state index contributed by atoms with van der Waals surface area (Å²) in [6.07, 6.45) is 1.91. The third kappa shape index (κ3) is 5.14. The van der Waals surface area contributed by atoms with Crippen molar-refractivity contribution >= 4 is 11.8 Å². The molecule has 2 amide bonds. The number of benzene rings is 1. The molecule has 0 aliphatic rings. The van der Waals surface area contributed by atoms with Crippen molar-refractivity contribution in [2.24, 2.45) is 0 Å². The Morgan fingerprint density at radius 2 is 2.04 bits per heavy atom. The van der Waals surface area contributed by atoms with Crippen LogP contribution in [0.1, 0.15) is 26.2 Å². The smallest absolute Gasteiger partial charge is 0.239 e. The Bertz CT molecular complexity index is 730. The number of rotatable bonds is 8. The predicted octanol–water partition coefficient (Wildman–Crippen LogP) is 2.40. The first-order valence-electron chi connectivity index (χ1n) is 8.29. The van der Waals surface area contributed by atoms with Crippen LogP contribution in [0.4, 0.5) is 4.39 Å². The number of hydrogen-bond donors (Lipinski definition) is 1. The lowest BCUT2D eigenvalue weighted by Crippen LogP contribution is -2.40. The number of carbonyl (C=O) groups is 2. The molecule has 7 heteroatoms. The molecule has 0 unspecified atom stereocenters. The lowest BCUT2D eigenvalue weighted by molar-refractivity contribution is -0.135. The van der Waals surface area contributed by atoms with Gasteiger partial charge in [-0.15, -0.1) is 0 Å². The topological polar surface area (TPSA) is 75.4 Å². The number of amides is 2. The zero-order valence-electron chi connectivity index (χ0n) is 14.4. The monoisotopic (exact) mass is 347 g/mol. The van der Waals surface area contributed by atoms with Crippen molar-refractivity contribution in [1.82, 2.24) is 15.2 Å². The standard InChI is InChI=1S/C18H22FN3O3/c1-3-20-16(23)12-22(4-2)18(24)10-9-17-21-11-15(25-17)13-7-5-6-8-14(13)19/h5-8,11H,3-4,9-10,12H2,1-2H3,(H,20,23). The zero-order chi connectivity index (χ0) is 18.2. The van der Waals surface area contributed by atoms with E-state index in [0.29, 0.717) is 36.7 Å². The molecule has 134 valence electrons. The minimum absolute atomic E-state index is 0.0369. The summed E-state index contributed by atoms with van der Waals surface area (Å²) in [6.45, 7) is 4.65. The number of hydrogen-bond acceptors (Lipinski definition) is 4. The summed E-state index contributed by atoms with van der Waals surface area (Å²) >= 11 is 0. The third-order valence-electron chi connectivity index (χ3n) is 3.69. The third-order valence-corrected chi connectivity index (χ3v) is 3.69. The SMILES string of the molecule is CCNC(=O)CN(CC)C(=O)CCc1ncc(-c2ccccc2F)o1. The molecule has 1 heterocycles. The van der Waals surface area contributed by atoms with Gasteiger partial charge in [-0.05, 0) is 26.0 Å². The maximum atomic E-state index is 13.7. The van der Waals surface area contributed by atoms with E-state index in [1.165, 1.54) is 17.2 Å². The molecule has 0 aliphatic heterocycles. The highest BCUT2D eigenvalue weighted by molar-refractivity contribution is 5.84. The van der Waals surface area contributed by atoms with Crippen LogP contribution in [0.5, 0.6) is 0 Å². The molecule has 1 N–H and O–H groups in total. The second-order valence-corrected chi connectivity index (χ2v) is 5.46. The van der Waals surface area contributed by atoms with Gasteiger partial charge in [0.15, 0.2) is 11.7 Å². The van der Waals surface area contributed by atoms with Gasteiger partial charge in [-0.3, -0.25) is 9.59 Å². The summed E-state index contributed by atoms with van der Waals surface area (Å²) in [5.41, 5.74) is 0.332. The minimum Gasteiger partial charge on any atom is -0.441 e. The number of aryl methyl sites for hydroxylation is 1. The molecule has 6 nitrogen and oxygen atoms in total. The minimum atomic E-state index is -0.389. The molecule has 0 saturated carbocycles. The first-order valence-corrected chi connectivity index (χ1v) is 8.29. The highest BCUT2D eigenvalue weighted by atomic mass is 19.1. The Labute approximate surface area is 146 Å². The molecule has 1 aromatic carbocycles.